The molecule has 7 heteroatoms. The fourth-order valence-corrected chi connectivity index (χ4v) is 5.63. The summed E-state index contributed by atoms with van der Waals surface area (Å²) in [7, 11) is 0. The van der Waals surface area contributed by atoms with Gasteiger partial charge in [-0.2, -0.15) is 0 Å². The van der Waals surface area contributed by atoms with Gasteiger partial charge in [-0.1, -0.05) is 30.3 Å². The van der Waals surface area contributed by atoms with Gasteiger partial charge in [0.1, 0.15) is 0 Å². The van der Waals surface area contributed by atoms with E-state index in [1.165, 1.54) is 36.2 Å². The molecule has 4 heterocycles. The standard InChI is InChI=1S/C24H30N6O/c1-2-4-17(5-3-1)14-21-22(18-6-7-20-19(15-18)16-26-28-20)30-9-8-25-23(24(30)27-21)29-10-12-31-13-11-29/h1-5,8-9,18-20,26,28H,6-7,10-16H2. The molecule has 2 aliphatic heterocycles. The molecule has 0 amide bonds. The summed E-state index contributed by atoms with van der Waals surface area (Å²) in [6.07, 6.45) is 8.53. The number of nitrogens with zero attached hydrogens (tertiary/aromatic N) is 4. The van der Waals surface area contributed by atoms with Gasteiger partial charge < -0.3 is 9.64 Å². The second-order valence-corrected chi connectivity index (χ2v) is 9.05. The normalized spacial score (nSPS) is 26.3. The molecule has 3 unspecified atom stereocenters. The summed E-state index contributed by atoms with van der Waals surface area (Å²) in [4.78, 5) is 12.3. The van der Waals surface area contributed by atoms with Crippen molar-refractivity contribution in [1.29, 1.82) is 0 Å². The van der Waals surface area contributed by atoms with E-state index in [2.05, 4.69) is 56.7 Å². The van der Waals surface area contributed by atoms with Gasteiger partial charge in [0.25, 0.3) is 0 Å². The summed E-state index contributed by atoms with van der Waals surface area (Å²) < 4.78 is 7.91. The minimum Gasteiger partial charge on any atom is -0.378 e. The highest BCUT2D eigenvalue weighted by atomic mass is 16.5. The lowest BCUT2D eigenvalue weighted by Gasteiger charge is -2.31. The summed E-state index contributed by atoms with van der Waals surface area (Å²) >= 11 is 0. The summed E-state index contributed by atoms with van der Waals surface area (Å²) in [5.74, 6) is 2.20. The van der Waals surface area contributed by atoms with Crippen LogP contribution < -0.4 is 15.8 Å². The Labute approximate surface area is 182 Å². The molecule has 1 aromatic carbocycles. The Bertz CT molecular complexity index is 1040. The zero-order chi connectivity index (χ0) is 20.6. The first kappa shape index (κ1) is 19.2. The maximum absolute atomic E-state index is 5.57. The van der Waals surface area contributed by atoms with Crippen molar-refractivity contribution >= 4 is 11.5 Å². The van der Waals surface area contributed by atoms with E-state index in [-0.39, 0.29) is 0 Å². The smallest absolute Gasteiger partial charge is 0.180 e. The van der Waals surface area contributed by atoms with Gasteiger partial charge in [-0.15, -0.1) is 0 Å². The van der Waals surface area contributed by atoms with Crippen molar-refractivity contribution in [3.05, 3.63) is 59.7 Å². The molecule has 7 nitrogen and oxygen atoms in total. The van der Waals surface area contributed by atoms with Crippen LogP contribution in [0.15, 0.2) is 42.7 Å². The fourth-order valence-electron chi connectivity index (χ4n) is 5.63. The largest absolute Gasteiger partial charge is 0.378 e. The Morgan fingerprint density at radius 3 is 2.84 bits per heavy atom. The third-order valence-electron chi connectivity index (χ3n) is 7.18. The summed E-state index contributed by atoms with van der Waals surface area (Å²) in [5.41, 5.74) is 11.7. The van der Waals surface area contributed by atoms with Gasteiger partial charge in [-0.05, 0) is 30.7 Å². The minimum atomic E-state index is 0.525. The zero-order valence-electron chi connectivity index (χ0n) is 17.8. The maximum Gasteiger partial charge on any atom is 0.180 e. The highest BCUT2D eigenvalue weighted by Gasteiger charge is 2.36. The van der Waals surface area contributed by atoms with Crippen LogP contribution in [0.2, 0.25) is 0 Å². The Balaban J connectivity index is 1.43. The Kier molecular flexibility index (Phi) is 5.10. The molecule has 2 N–H and O–H groups in total. The van der Waals surface area contributed by atoms with Gasteiger partial charge in [0.2, 0.25) is 0 Å². The van der Waals surface area contributed by atoms with Gasteiger partial charge >= 0.3 is 0 Å². The maximum atomic E-state index is 5.57. The van der Waals surface area contributed by atoms with Crippen molar-refractivity contribution in [2.24, 2.45) is 5.92 Å². The molecule has 1 saturated carbocycles. The quantitative estimate of drug-likeness (QED) is 0.679. The van der Waals surface area contributed by atoms with E-state index in [9.17, 15) is 0 Å². The van der Waals surface area contributed by atoms with Crippen LogP contribution in [0.25, 0.3) is 5.65 Å². The summed E-state index contributed by atoms with van der Waals surface area (Å²) in [5, 5.41) is 0. The number of ether oxygens (including phenoxy) is 1. The number of nitrogens with one attached hydrogen (secondary N) is 2. The second kappa shape index (κ2) is 8.22. The van der Waals surface area contributed by atoms with Crippen molar-refractivity contribution in [3.63, 3.8) is 0 Å². The van der Waals surface area contributed by atoms with Crippen molar-refractivity contribution in [1.82, 2.24) is 25.2 Å². The van der Waals surface area contributed by atoms with Gasteiger partial charge in [-0.3, -0.25) is 15.3 Å². The van der Waals surface area contributed by atoms with E-state index in [1.54, 1.807) is 0 Å². The lowest BCUT2D eigenvalue weighted by atomic mass is 9.77. The fraction of sp³-hybridized carbons (Fsp3) is 0.500. The SMILES string of the molecule is c1ccc(Cc2nc3c(N4CCOCC4)nccn3c2C2CCC3NNCC3C2)cc1. The number of hydrazine groups is 1. The summed E-state index contributed by atoms with van der Waals surface area (Å²) in [6, 6.07) is 11.3. The number of anilines is 1. The number of hydrogen-bond acceptors (Lipinski definition) is 6. The van der Waals surface area contributed by atoms with Crippen molar-refractivity contribution < 1.29 is 4.74 Å². The van der Waals surface area contributed by atoms with Gasteiger partial charge in [0.05, 0.1) is 18.9 Å². The predicted molar refractivity (Wildman–Crippen MR) is 120 cm³/mol. The molecule has 3 aliphatic rings. The van der Waals surface area contributed by atoms with Crippen LogP contribution >= 0.6 is 0 Å². The monoisotopic (exact) mass is 418 g/mol. The summed E-state index contributed by atoms with van der Waals surface area (Å²) in [6.45, 7) is 4.30. The van der Waals surface area contributed by atoms with E-state index >= 15 is 0 Å². The van der Waals surface area contributed by atoms with Gasteiger partial charge in [0, 0.05) is 56.1 Å². The number of benzene rings is 1. The van der Waals surface area contributed by atoms with Crippen molar-refractivity contribution in [2.75, 3.05) is 37.7 Å². The average molecular weight is 419 g/mol. The molecule has 0 bridgehead atoms. The van der Waals surface area contributed by atoms with Crippen molar-refractivity contribution in [2.45, 2.75) is 37.6 Å². The molecular formula is C24H30N6O. The highest BCUT2D eigenvalue weighted by molar-refractivity contribution is 5.66. The Hall–Kier alpha value is -2.48. The number of morpholine rings is 1. The molecule has 2 saturated heterocycles. The molecule has 2 aromatic heterocycles. The predicted octanol–water partition coefficient (Wildman–Crippen LogP) is 2.52. The van der Waals surface area contributed by atoms with E-state index in [0.29, 0.717) is 17.9 Å². The lowest BCUT2D eigenvalue weighted by molar-refractivity contribution is 0.122. The van der Waals surface area contributed by atoms with E-state index in [0.717, 1.165) is 50.7 Å². The van der Waals surface area contributed by atoms with Gasteiger partial charge in [-0.25, -0.2) is 9.97 Å². The van der Waals surface area contributed by atoms with Crippen LogP contribution in [0.3, 0.4) is 0 Å². The van der Waals surface area contributed by atoms with Crippen LogP contribution in [-0.4, -0.2) is 53.3 Å². The van der Waals surface area contributed by atoms with Crippen LogP contribution in [0.5, 0.6) is 0 Å². The van der Waals surface area contributed by atoms with E-state index in [4.69, 9.17) is 14.7 Å². The molecule has 3 fully saturated rings. The third-order valence-corrected chi connectivity index (χ3v) is 7.18. The van der Waals surface area contributed by atoms with E-state index < -0.39 is 0 Å². The van der Waals surface area contributed by atoms with Gasteiger partial charge in [0.15, 0.2) is 11.5 Å². The zero-order valence-corrected chi connectivity index (χ0v) is 17.8. The number of hydrogen-bond donors (Lipinski definition) is 2. The first-order chi connectivity index (χ1) is 15.4. The first-order valence-corrected chi connectivity index (χ1v) is 11.6. The molecule has 0 radical (unpaired) electrons. The minimum absolute atomic E-state index is 0.525. The number of imidazole rings is 1. The van der Waals surface area contributed by atoms with Crippen LogP contribution in [0.4, 0.5) is 5.82 Å². The molecule has 6 rings (SSSR count). The molecule has 0 spiro atoms. The second-order valence-electron chi connectivity index (χ2n) is 9.05. The number of aromatic nitrogens is 3. The van der Waals surface area contributed by atoms with Crippen LogP contribution in [-0.2, 0) is 11.2 Å². The molecule has 3 aromatic rings. The molecule has 3 atom stereocenters. The molecular weight excluding hydrogens is 388 g/mol. The van der Waals surface area contributed by atoms with Crippen LogP contribution in [0, 0.1) is 5.92 Å². The Morgan fingerprint density at radius 1 is 1.10 bits per heavy atom. The average Bonchev–Trinajstić information content (AvgIpc) is 3.43. The lowest BCUT2D eigenvalue weighted by Crippen LogP contribution is -2.37. The number of fused-ring (bicyclic) bond motifs is 2. The highest BCUT2D eigenvalue weighted by Crippen LogP contribution is 2.40. The third kappa shape index (κ3) is 3.60. The van der Waals surface area contributed by atoms with Crippen LogP contribution in [0.1, 0.15) is 42.1 Å². The first-order valence-electron chi connectivity index (χ1n) is 11.6. The Morgan fingerprint density at radius 2 is 1.97 bits per heavy atom. The molecule has 162 valence electrons. The van der Waals surface area contributed by atoms with E-state index in [1.807, 2.05) is 6.20 Å². The molecule has 31 heavy (non-hydrogen) atoms. The topological polar surface area (TPSA) is 66.7 Å². The molecule has 1 aliphatic carbocycles. The number of rotatable bonds is 4. The van der Waals surface area contributed by atoms with Crippen molar-refractivity contribution in [3.8, 4) is 0 Å².